The van der Waals surface area contributed by atoms with Crippen LogP contribution in [-0.4, -0.2) is 66.2 Å². The molecule has 1 aliphatic rings. The molecule has 41 heavy (non-hydrogen) atoms. The van der Waals surface area contributed by atoms with E-state index in [1.807, 2.05) is 44.2 Å². The summed E-state index contributed by atoms with van der Waals surface area (Å²) in [6, 6.07) is 20.2. The van der Waals surface area contributed by atoms with Crippen molar-refractivity contribution < 1.29 is 23.9 Å². The van der Waals surface area contributed by atoms with Crippen LogP contribution in [-0.2, 0) is 6.54 Å². The molecule has 0 atom stereocenters. The average molecular weight is 558 g/mol. The molecule has 8 heteroatoms. The van der Waals surface area contributed by atoms with Gasteiger partial charge in [-0.05, 0) is 61.6 Å². The number of carboxylic acid groups (broad SMARTS) is 1. The smallest absolute Gasteiger partial charge is 0.411 e. The summed E-state index contributed by atoms with van der Waals surface area (Å²) < 4.78 is 13.9. The number of nitrogens with zero attached hydrogens (tertiary/aromatic N) is 3. The summed E-state index contributed by atoms with van der Waals surface area (Å²) in [5.41, 5.74) is 4.78. The summed E-state index contributed by atoms with van der Waals surface area (Å²) in [7, 11) is 1.48. The van der Waals surface area contributed by atoms with E-state index in [1.165, 1.54) is 24.7 Å². The highest BCUT2D eigenvalue weighted by atomic mass is 19.1. The van der Waals surface area contributed by atoms with E-state index < -0.39 is 12.1 Å². The minimum atomic E-state index is -1.61. The third-order valence-electron chi connectivity index (χ3n) is 7.68. The number of benzene rings is 3. The standard InChI is InChI=1S/C33H36FN3O4/c1-4-37(5-2)32(39)28-21-25(31(34)38)15-16-26(28)30(27-13-9-10-14-29(27)35(3)33(40)41)24-17-19-36(20-18-24)22-23-11-7-6-8-12-23/h6-16,21H,4-5,17-20,22H2,1-3H3,(H,40,41). The Kier molecular flexibility index (Phi) is 9.68. The molecule has 1 saturated heterocycles. The molecule has 3 aromatic rings. The Morgan fingerprint density at radius 3 is 2.10 bits per heavy atom. The summed E-state index contributed by atoms with van der Waals surface area (Å²) in [5, 5.41) is 9.84. The topological polar surface area (TPSA) is 81.2 Å². The lowest BCUT2D eigenvalue weighted by molar-refractivity contribution is 0.0772. The molecule has 7 nitrogen and oxygen atoms in total. The number of carbonyl (C=O) groups excluding carboxylic acids is 2. The molecule has 3 aromatic carbocycles. The first-order valence-corrected chi connectivity index (χ1v) is 13.9. The molecular weight excluding hydrogens is 521 g/mol. The van der Waals surface area contributed by atoms with Crippen molar-refractivity contribution in [2.75, 3.05) is 38.1 Å². The molecule has 1 heterocycles. The zero-order valence-electron chi connectivity index (χ0n) is 23.8. The van der Waals surface area contributed by atoms with Crippen molar-refractivity contribution in [2.45, 2.75) is 33.2 Å². The number of piperidine rings is 1. The van der Waals surface area contributed by atoms with Gasteiger partial charge >= 0.3 is 12.1 Å². The van der Waals surface area contributed by atoms with Gasteiger partial charge in [0.05, 0.1) is 11.3 Å². The minimum absolute atomic E-state index is 0.192. The van der Waals surface area contributed by atoms with Crippen LogP contribution < -0.4 is 4.90 Å². The Balaban J connectivity index is 1.88. The Labute approximate surface area is 240 Å². The highest BCUT2D eigenvalue weighted by molar-refractivity contribution is 6.05. The Morgan fingerprint density at radius 1 is 0.854 bits per heavy atom. The minimum Gasteiger partial charge on any atom is -0.465 e. The second-order valence-corrected chi connectivity index (χ2v) is 10.1. The van der Waals surface area contributed by atoms with E-state index in [4.69, 9.17) is 0 Å². The van der Waals surface area contributed by atoms with Gasteiger partial charge in [-0.15, -0.1) is 0 Å². The van der Waals surface area contributed by atoms with Crippen LogP contribution >= 0.6 is 0 Å². The van der Waals surface area contributed by atoms with Crippen LogP contribution in [0.1, 0.15) is 64.1 Å². The fraction of sp³-hybridized carbons (Fsp3) is 0.303. The van der Waals surface area contributed by atoms with Crippen LogP contribution in [0.3, 0.4) is 0 Å². The molecule has 0 bridgehead atoms. The maximum Gasteiger partial charge on any atom is 0.411 e. The van der Waals surface area contributed by atoms with Gasteiger partial charge in [0, 0.05) is 50.9 Å². The van der Waals surface area contributed by atoms with E-state index >= 15 is 0 Å². The number of carbonyl (C=O) groups is 3. The summed E-state index contributed by atoms with van der Waals surface area (Å²) in [4.78, 5) is 42.7. The van der Waals surface area contributed by atoms with Crippen LogP contribution in [0.5, 0.6) is 0 Å². The van der Waals surface area contributed by atoms with E-state index in [-0.39, 0.29) is 17.0 Å². The van der Waals surface area contributed by atoms with Gasteiger partial charge in [0.15, 0.2) is 0 Å². The molecule has 0 spiro atoms. The monoisotopic (exact) mass is 557 g/mol. The first-order valence-electron chi connectivity index (χ1n) is 13.9. The number of rotatable bonds is 9. The highest BCUT2D eigenvalue weighted by Gasteiger charge is 2.27. The summed E-state index contributed by atoms with van der Waals surface area (Å²) >= 11 is 0. The first-order chi connectivity index (χ1) is 19.7. The SMILES string of the molecule is CCN(CC)C(=O)c1cc(C(=O)F)ccc1C(=C1CCN(Cc2ccccc2)CC1)c1ccccc1N(C)C(=O)O. The van der Waals surface area contributed by atoms with Crippen molar-refractivity contribution in [1.82, 2.24) is 9.80 Å². The van der Waals surface area contributed by atoms with Crippen molar-refractivity contribution in [3.63, 3.8) is 0 Å². The number of para-hydroxylation sites is 1. The van der Waals surface area contributed by atoms with E-state index in [9.17, 15) is 23.9 Å². The second kappa shape index (κ2) is 13.4. The zero-order chi connectivity index (χ0) is 29.5. The highest BCUT2D eigenvalue weighted by Crippen LogP contribution is 2.39. The summed E-state index contributed by atoms with van der Waals surface area (Å²) in [6.45, 7) is 7.01. The van der Waals surface area contributed by atoms with Gasteiger partial charge in [0.2, 0.25) is 0 Å². The molecule has 0 unspecified atom stereocenters. The number of hydrogen-bond donors (Lipinski definition) is 1. The van der Waals surface area contributed by atoms with E-state index in [2.05, 4.69) is 17.0 Å². The molecule has 1 N–H and O–H groups in total. The average Bonchev–Trinajstić information content (AvgIpc) is 2.99. The van der Waals surface area contributed by atoms with Crippen LogP contribution in [0.25, 0.3) is 5.57 Å². The molecular formula is C33H36FN3O4. The van der Waals surface area contributed by atoms with E-state index in [1.54, 1.807) is 23.1 Å². The van der Waals surface area contributed by atoms with Crippen molar-refractivity contribution in [3.8, 4) is 0 Å². The number of hydrogen-bond acceptors (Lipinski definition) is 4. The molecule has 0 aliphatic carbocycles. The van der Waals surface area contributed by atoms with Crippen LogP contribution in [0.4, 0.5) is 14.9 Å². The van der Waals surface area contributed by atoms with Gasteiger partial charge in [-0.3, -0.25) is 19.4 Å². The lowest BCUT2D eigenvalue weighted by Crippen LogP contribution is -2.32. The third kappa shape index (κ3) is 6.72. The predicted molar refractivity (Wildman–Crippen MR) is 159 cm³/mol. The van der Waals surface area contributed by atoms with Gasteiger partial charge in [0.25, 0.3) is 5.91 Å². The number of halogens is 1. The number of amides is 2. The summed E-state index contributed by atoms with van der Waals surface area (Å²) in [5.74, 6) is -0.309. The predicted octanol–water partition coefficient (Wildman–Crippen LogP) is 6.49. The van der Waals surface area contributed by atoms with E-state index in [0.29, 0.717) is 42.7 Å². The number of likely N-dealkylation sites (tertiary alicyclic amines) is 1. The van der Waals surface area contributed by atoms with Gasteiger partial charge in [-0.25, -0.2) is 4.79 Å². The summed E-state index contributed by atoms with van der Waals surface area (Å²) in [6.07, 6.45) is 0.295. The Hall–Kier alpha value is -4.30. The lowest BCUT2D eigenvalue weighted by Gasteiger charge is -2.31. The fourth-order valence-corrected chi connectivity index (χ4v) is 5.42. The molecule has 2 amide bonds. The maximum absolute atomic E-state index is 13.9. The van der Waals surface area contributed by atoms with Crippen molar-refractivity contribution >= 4 is 29.3 Å². The Bertz CT molecular complexity index is 1440. The van der Waals surface area contributed by atoms with Gasteiger partial charge in [0.1, 0.15) is 0 Å². The molecule has 1 aliphatic heterocycles. The Morgan fingerprint density at radius 2 is 1.49 bits per heavy atom. The van der Waals surface area contributed by atoms with Crippen molar-refractivity contribution in [3.05, 3.63) is 106 Å². The third-order valence-corrected chi connectivity index (χ3v) is 7.68. The zero-order valence-corrected chi connectivity index (χ0v) is 23.8. The lowest BCUT2D eigenvalue weighted by atomic mass is 9.84. The first kappa shape index (κ1) is 29.7. The van der Waals surface area contributed by atoms with Crippen molar-refractivity contribution in [2.24, 2.45) is 0 Å². The van der Waals surface area contributed by atoms with Crippen molar-refractivity contribution in [1.29, 1.82) is 0 Å². The van der Waals surface area contributed by atoms with Crippen LogP contribution in [0.15, 0.2) is 78.4 Å². The molecule has 1 fully saturated rings. The molecule has 4 rings (SSSR count). The number of anilines is 1. The normalized spacial score (nSPS) is 13.5. The van der Waals surface area contributed by atoms with Gasteiger partial charge < -0.3 is 10.0 Å². The largest absolute Gasteiger partial charge is 0.465 e. The van der Waals surface area contributed by atoms with Crippen LogP contribution in [0.2, 0.25) is 0 Å². The molecule has 0 aromatic heterocycles. The van der Waals surface area contributed by atoms with Gasteiger partial charge in [-0.1, -0.05) is 60.2 Å². The molecule has 214 valence electrons. The fourth-order valence-electron chi connectivity index (χ4n) is 5.42. The van der Waals surface area contributed by atoms with E-state index in [0.717, 1.165) is 35.7 Å². The molecule has 0 saturated carbocycles. The van der Waals surface area contributed by atoms with Gasteiger partial charge in [-0.2, -0.15) is 4.39 Å². The maximum atomic E-state index is 13.9. The quantitative estimate of drug-likeness (QED) is 0.304. The van der Waals surface area contributed by atoms with Crippen LogP contribution in [0, 0.1) is 0 Å². The second-order valence-electron chi connectivity index (χ2n) is 10.1. The molecule has 0 radical (unpaired) electrons.